The second-order valence-corrected chi connectivity index (χ2v) is 7.51. The number of nitrogens with one attached hydrogen (secondary N) is 3. The minimum absolute atomic E-state index is 0.0117. The Labute approximate surface area is 165 Å². The molecule has 1 fully saturated rings. The van der Waals surface area contributed by atoms with Gasteiger partial charge in [0, 0.05) is 24.7 Å². The molecule has 0 bridgehead atoms. The van der Waals surface area contributed by atoms with Crippen LogP contribution in [0.1, 0.15) is 29.3 Å². The van der Waals surface area contributed by atoms with Crippen LogP contribution in [0.4, 0.5) is 5.69 Å². The topological polar surface area (TPSA) is 62.4 Å². The molecular weight excluding hydrogens is 362 g/mol. The Bertz CT molecular complexity index is 813. The highest BCUT2D eigenvalue weighted by molar-refractivity contribution is 6.33. The Balaban J connectivity index is 1.80. The van der Waals surface area contributed by atoms with E-state index in [-0.39, 0.29) is 17.5 Å². The van der Waals surface area contributed by atoms with Gasteiger partial charge >= 0.3 is 0 Å². The van der Waals surface area contributed by atoms with Crippen molar-refractivity contribution >= 4 is 23.2 Å². The second kappa shape index (κ2) is 8.19. The summed E-state index contributed by atoms with van der Waals surface area (Å²) in [5.74, 6) is 0.321. The first-order chi connectivity index (χ1) is 13.0. The molecule has 3 rings (SSSR count). The minimum Gasteiger partial charge on any atom is -0.496 e. The molecular formula is C21H26ClN3O2. The zero-order valence-corrected chi connectivity index (χ0v) is 16.7. The van der Waals surface area contributed by atoms with Gasteiger partial charge in [-0.1, -0.05) is 41.9 Å². The van der Waals surface area contributed by atoms with E-state index in [0.29, 0.717) is 16.3 Å². The van der Waals surface area contributed by atoms with Crippen LogP contribution in [0.25, 0.3) is 0 Å². The van der Waals surface area contributed by atoms with Crippen LogP contribution < -0.4 is 20.7 Å². The first kappa shape index (κ1) is 19.5. The summed E-state index contributed by atoms with van der Waals surface area (Å²) in [5, 5.41) is 10.2. The molecule has 6 heteroatoms. The van der Waals surface area contributed by atoms with Crippen molar-refractivity contribution in [1.29, 1.82) is 0 Å². The number of benzene rings is 2. The molecule has 2 aromatic carbocycles. The molecule has 1 aliphatic heterocycles. The SMILES string of the molecule is CNc1cc(OC)c(C(=O)N[C@@H]2CCN[C@]2(C)Cc2ccccc2)cc1Cl. The fraction of sp³-hybridized carbons (Fsp3) is 0.381. The largest absolute Gasteiger partial charge is 0.496 e. The molecule has 1 saturated heterocycles. The molecule has 1 heterocycles. The molecule has 1 amide bonds. The van der Waals surface area contributed by atoms with Crippen molar-refractivity contribution in [2.24, 2.45) is 0 Å². The number of carbonyl (C=O) groups excluding carboxylic acids is 1. The Hall–Kier alpha value is -2.24. The first-order valence-corrected chi connectivity index (χ1v) is 9.50. The highest BCUT2D eigenvalue weighted by Gasteiger charge is 2.39. The van der Waals surface area contributed by atoms with Crippen molar-refractivity contribution < 1.29 is 9.53 Å². The summed E-state index contributed by atoms with van der Waals surface area (Å²) in [4.78, 5) is 13.0. The lowest BCUT2D eigenvalue weighted by atomic mass is 9.87. The molecule has 0 aromatic heterocycles. The smallest absolute Gasteiger partial charge is 0.255 e. The van der Waals surface area contributed by atoms with Crippen LogP contribution in [0.15, 0.2) is 42.5 Å². The fourth-order valence-electron chi connectivity index (χ4n) is 3.71. The van der Waals surface area contributed by atoms with Crippen LogP contribution in [-0.2, 0) is 6.42 Å². The van der Waals surface area contributed by atoms with E-state index in [0.717, 1.165) is 25.1 Å². The highest BCUT2D eigenvalue weighted by Crippen LogP contribution is 2.31. The Morgan fingerprint density at radius 3 is 2.74 bits per heavy atom. The molecule has 0 aliphatic carbocycles. The van der Waals surface area contributed by atoms with E-state index in [2.05, 4.69) is 35.0 Å². The predicted molar refractivity (Wildman–Crippen MR) is 110 cm³/mol. The molecule has 1 aliphatic rings. The van der Waals surface area contributed by atoms with Gasteiger partial charge in [-0.05, 0) is 37.9 Å². The summed E-state index contributed by atoms with van der Waals surface area (Å²) in [6.45, 7) is 3.02. The third-order valence-electron chi connectivity index (χ3n) is 5.25. The zero-order chi connectivity index (χ0) is 19.4. The number of hydrogen-bond donors (Lipinski definition) is 3. The number of methoxy groups -OCH3 is 1. The molecule has 5 nitrogen and oxygen atoms in total. The maximum absolute atomic E-state index is 13.0. The van der Waals surface area contributed by atoms with Crippen LogP contribution in [0.2, 0.25) is 5.02 Å². The van der Waals surface area contributed by atoms with Gasteiger partial charge in [-0.15, -0.1) is 0 Å². The fourth-order valence-corrected chi connectivity index (χ4v) is 3.97. The number of anilines is 1. The highest BCUT2D eigenvalue weighted by atomic mass is 35.5. The predicted octanol–water partition coefficient (Wildman–Crippen LogP) is 3.48. The summed E-state index contributed by atoms with van der Waals surface area (Å²) in [5.41, 5.74) is 2.20. The molecule has 0 unspecified atom stereocenters. The quantitative estimate of drug-likeness (QED) is 0.710. The van der Waals surface area contributed by atoms with Gasteiger partial charge in [0.2, 0.25) is 0 Å². The van der Waals surface area contributed by atoms with Crippen LogP contribution in [-0.4, -0.2) is 38.2 Å². The van der Waals surface area contributed by atoms with Gasteiger partial charge in [0.25, 0.3) is 5.91 Å². The van der Waals surface area contributed by atoms with Crippen LogP contribution in [0, 0.1) is 0 Å². The summed E-state index contributed by atoms with van der Waals surface area (Å²) >= 11 is 6.27. The van der Waals surface area contributed by atoms with Gasteiger partial charge in [0.15, 0.2) is 0 Å². The average molecular weight is 388 g/mol. The van der Waals surface area contributed by atoms with Gasteiger partial charge in [0.05, 0.1) is 23.4 Å². The van der Waals surface area contributed by atoms with E-state index in [1.54, 1.807) is 26.3 Å². The van der Waals surface area contributed by atoms with Crippen molar-refractivity contribution in [3.05, 3.63) is 58.6 Å². The Morgan fingerprint density at radius 1 is 1.33 bits per heavy atom. The first-order valence-electron chi connectivity index (χ1n) is 9.12. The van der Waals surface area contributed by atoms with Crippen LogP contribution >= 0.6 is 11.6 Å². The summed E-state index contributed by atoms with van der Waals surface area (Å²) in [6.07, 6.45) is 1.72. The lowest BCUT2D eigenvalue weighted by Crippen LogP contribution is -2.54. The van der Waals surface area contributed by atoms with Gasteiger partial charge in [-0.2, -0.15) is 0 Å². The normalized spacial score (nSPS) is 21.7. The molecule has 27 heavy (non-hydrogen) atoms. The van der Waals surface area contributed by atoms with E-state index in [1.807, 2.05) is 18.2 Å². The maximum Gasteiger partial charge on any atom is 0.255 e. The molecule has 0 saturated carbocycles. The van der Waals surface area contributed by atoms with E-state index in [4.69, 9.17) is 16.3 Å². The molecule has 0 spiro atoms. The standard InChI is InChI=1S/C21H26ClN3O2/c1-21(13-14-7-5-4-6-8-14)19(9-10-24-21)25-20(26)15-11-16(22)17(23-2)12-18(15)27-3/h4-8,11-12,19,23-24H,9-10,13H2,1-3H3,(H,25,26)/t19-,21-/m1/s1. The van der Waals surface area contributed by atoms with Crippen molar-refractivity contribution in [3.8, 4) is 5.75 Å². The van der Waals surface area contributed by atoms with E-state index in [1.165, 1.54) is 5.56 Å². The molecule has 3 N–H and O–H groups in total. The number of hydrogen-bond acceptors (Lipinski definition) is 4. The lowest BCUT2D eigenvalue weighted by Gasteiger charge is -2.32. The zero-order valence-electron chi connectivity index (χ0n) is 15.9. The molecule has 0 radical (unpaired) electrons. The summed E-state index contributed by atoms with van der Waals surface area (Å²) < 4.78 is 5.40. The number of carbonyl (C=O) groups is 1. The third kappa shape index (κ3) is 4.20. The molecule has 2 aromatic rings. The van der Waals surface area contributed by atoms with Gasteiger partial charge in [0.1, 0.15) is 5.75 Å². The van der Waals surface area contributed by atoms with Crippen molar-refractivity contribution in [3.63, 3.8) is 0 Å². The number of halogens is 1. The number of amides is 1. The average Bonchev–Trinajstić information content (AvgIpc) is 3.02. The summed E-state index contributed by atoms with van der Waals surface area (Å²) in [7, 11) is 3.33. The maximum atomic E-state index is 13.0. The second-order valence-electron chi connectivity index (χ2n) is 7.10. The van der Waals surface area contributed by atoms with E-state index in [9.17, 15) is 4.79 Å². The van der Waals surface area contributed by atoms with Gasteiger partial charge in [-0.3, -0.25) is 4.79 Å². The van der Waals surface area contributed by atoms with Gasteiger partial charge < -0.3 is 20.7 Å². The Kier molecular flexibility index (Phi) is 5.92. The van der Waals surface area contributed by atoms with E-state index >= 15 is 0 Å². The van der Waals surface area contributed by atoms with Crippen LogP contribution in [0.5, 0.6) is 5.75 Å². The molecule has 2 atom stereocenters. The van der Waals surface area contributed by atoms with Crippen molar-refractivity contribution in [2.75, 3.05) is 26.0 Å². The van der Waals surface area contributed by atoms with Crippen molar-refractivity contribution in [1.82, 2.24) is 10.6 Å². The number of ether oxygens (including phenoxy) is 1. The van der Waals surface area contributed by atoms with Crippen molar-refractivity contribution in [2.45, 2.75) is 31.3 Å². The molecule has 144 valence electrons. The van der Waals surface area contributed by atoms with Gasteiger partial charge in [-0.25, -0.2) is 0 Å². The lowest BCUT2D eigenvalue weighted by molar-refractivity contribution is 0.0917. The number of rotatable bonds is 6. The monoisotopic (exact) mass is 387 g/mol. The third-order valence-corrected chi connectivity index (χ3v) is 5.57. The minimum atomic E-state index is -0.209. The van der Waals surface area contributed by atoms with E-state index < -0.39 is 0 Å². The summed E-state index contributed by atoms with van der Waals surface area (Å²) in [6, 6.07) is 13.7. The Morgan fingerprint density at radius 2 is 2.07 bits per heavy atom. The van der Waals surface area contributed by atoms with Crippen LogP contribution in [0.3, 0.4) is 0 Å².